The van der Waals surface area contributed by atoms with Crippen LogP contribution in [0, 0.1) is 0 Å². The maximum Gasteiger partial charge on any atom is 0.0745 e. The van der Waals surface area contributed by atoms with Gasteiger partial charge in [-0.2, -0.15) is 0 Å². The number of halogens is 1. The molecule has 1 N–H and O–H groups in total. The van der Waals surface area contributed by atoms with E-state index >= 15 is 0 Å². The average Bonchev–Trinajstić information content (AvgIpc) is 2.55. The molecule has 0 aliphatic carbocycles. The standard InChI is InChI=1S/C20H19ClN2/c1-14(2)22-16-12-19(15-8-4-3-5-9-15)23-20(13-16)17-10-6-7-11-18(17)21/h3-14H,1-2H3,(H,22,23). The number of nitrogens with zero attached hydrogens (tertiary/aromatic N) is 1. The lowest BCUT2D eigenvalue weighted by atomic mass is 10.1. The van der Waals surface area contributed by atoms with Gasteiger partial charge in [0.05, 0.1) is 11.4 Å². The van der Waals surface area contributed by atoms with Gasteiger partial charge in [0.1, 0.15) is 0 Å². The molecule has 0 saturated carbocycles. The van der Waals surface area contributed by atoms with Crippen LogP contribution in [-0.2, 0) is 0 Å². The van der Waals surface area contributed by atoms with Gasteiger partial charge >= 0.3 is 0 Å². The third-order valence-corrected chi connectivity index (χ3v) is 3.83. The zero-order valence-corrected chi connectivity index (χ0v) is 14.0. The Morgan fingerprint density at radius 2 is 1.52 bits per heavy atom. The van der Waals surface area contributed by atoms with Gasteiger partial charge in [0.25, 0.3) is 0 Å². The van der Waals surface area contributed by atoms with Gasteiger partial charge in [-0.1, -0.05) is 60.1 Å². The van der Waals surface area contributed by atoms with E-state index in [1.54, 1.807) is 0 Å². The van der Waals surface area contributed by atoms with Gasteiger partial charge in [-0.15, -0.1) is 0 Å². The van der Waals surface area contributed by atoms with Gasteiger partial charge in [0.15, 0.2) is 0 Å². The van der Waals surface area contributed by atoms with E-state index in [2.05, 4.69) is 37.4 Å². The molecule has 0 bridgehead atoms. The van der Waals surface area contributed by atoms with E-state index in [1.807, 2.05) is 48.5 Å². The number of hydrogen-bond donors (Lipinski definition) is 1. The van der Waals surface area contributed by atoms with Gasteiger partial charge in [0, 0.05) is 27.9 Å². The van der Waals surface area contributed by atoms with Gasteiger partial charge in [-0.25, -0.2) is 4.98 Å². The predicted molar refractivity (Wildman–Crippen MR) is 98.9 cm³/mol. The molecule has 0 fully saturated rings. The lowest BCUT2D eigenvalue weighted by molar-refractivity contribution is 0.899. The fourth-order valence-electron chi connectivity index (χ4n) is 2.51. The lowest BCUT2D eigenvalue weighted by Crippen LogP contribution is -2.10. The Hall–Kier alpha value is -2.32. The molecule has 0 radical (unpaired) electrons. The molecule has 0 aliphatic rings. The summed E-state index contributed by atoms with van der Waals surface area (Å²) in [4.78, 5) is 4.82. The fraction of sp³-hybridized carbons (Fsp3) is 0.150. The Bertz CT molecular complexity index is 798. The highest BCUT2D eigenvalue weighted by Crippen LogP contribution is 2.31. The summed E-state index contributed by atoms with van der Waals surface area (Å²) < 4.78 is 0. The zero-order valence-electron chi connectivity index (χ0n) is 13.3. The Morgan fingerprint density at radius 1 is 0.870 bits per heavy atom. The molecule has 0 amide bonds. The quantitative estimate of drug-likeness (QED) is 0.648. The van der Waals surface area contributed by atoms with Crippen LogP contribution in [0.2, 0.25) is 5.02 Å². The van der Waals surface area contributed by atoms with E-state index in [9.17, 15) is 0 Å². The monoisotopic (exact) mass is 322 g/mol. The highest BCUT2D eigenvalue weighted by atomic mass is 35.5. The van der Waals surface area contributed by atoms with Crippen molar-refractivity contribution in [3.05, 3.63) is 71.8 Å². The molecule has 23 heavy (non-hydrogen) atoms. The Kier molecular flexibility index (Phi) is 4.63. The Balaban J connectivity index is 2.14. The van der Waals surface area contributed by atoms with Crippen molar-refractivity contribution in [3.8, 4) is 22.5 Å². The summed E-state index contributed by atoms with van der Waals surface area (Å²) >= 11 is 6.35. The summed E-state index contributed by atoms with van der Waals surface area (Å²) in [5, 5.41) is 4.17. The number of nitrogens with one attached hydrogen (secondary N) is 1. The lowest BCUT2D eigenvalue weighted by Gasteiger charge is -2.14. The molecule has 3 rings (SSSR count). The number of benzene rings is 2. The molecule has 2 aromatic carbocycles. The highest BCUT2D eigenvalue weighted by molar-refractivity contribution is 6.33. The topological polar surface area (TPSA) is 24.9 Å². The van der Waals surface area contributed by atoms with Gasteiger partial charge < -0.3 is 5.32 Å². The number of anilines is 1. The summed E-state index contributed by atoms with van der Waals surface area (Å²) in [6.45, 7) is 4.25. The van der Waals surface area contributed by atoms with E-state index in [1.165, 1.54) is 0 Å². The third kappa shape index (κ3) is 3.72. The molecule has 0 saturated heterocycles. The van der Waals surface area contributed by atoms with Crippen LogP contribution in [0.5, 0.6) is 0 Å². The predicted octanol–water partition coefficient (Wildman–Crippen LogP) is 5.89. The number of pyridine rings is 1. The zero-order chi connectivity index (χ0) is 16.2. The number of aromatic nitrogens is 1. The SMILES string of the molecule is CC(C)Nc1cc(-c2ccccc2)nc(-c2ccccc2Cl)c1. The fourth-order valence-corrected chi connectivity index (χ4v) is 2.74. The van der Waals surface area contributed by atoms with Crippen LogP contribution < -0.4 is 5.32 Å². The van der Waals surface area contributed by atoms with Crippen LogP contribution in [0.4, 0.5) is 5.69 Å². The second-order valence-electron chi connectivity index (χ2n) is 5.77. The molecular weight excluding hydrogens is 304 g/mol. The molecular formula is C20H19ClN2. The highest BCUT2D eigenvalue weighted by Gasteiger charge is 2.10. The van der Waals surface area contributed by atoms with Crippen LogP contribution in [0.1, 0.15) is 13.8 Å². The summed E-state index contributed by atoms with van der Waals surface area (Å²) in [6, 6.07) is 22.5. The van der Waals surface area contributed by atoms with E-state index < -0.39 is 0 Å². The second-order valence-corrected chi connectivity index (χ2v) is 6.18. The summed E-state index contributed by atoms with van der Waals surface area (Å²) in [6.07, 6.45) is 0. The number of hydrogen-bond acceptors (Lipinski definition) is 2. The molecule has 1 aromatic heterocycles. The first-order valence-corrected chi connectivity index (χ1v) is 8.10. The van der Waals surface area contributed by atoms with Crippen LogP contribution in [-0.4, -0.2) is 11.0 Å². The van der Waals surface area contributed by atoms with Gasteiger partial charge in [-0.3, -0.25) is 0 Å². The smallest absolute Gasteiger partial charge is 0.0745 e. The molecule has 0 atom stereocenters. The van der Waals surface area contributed by atoms with E-state index in [0.29, 0.717) is 11.1 Å². The first-order valence-electron chi connectivity index (χ1n) is 7.72. The van der Waals surface area contributed by atoms with Crippen molar-refractivity contribution in [1.29, 1.82) is 0 Å². The average molecular weight is 323 g/mol. The third-order valence-electron chi connectivity index (χ3n) is 3.50. The maximum atomic E-state index is 6.35. The van der Waals surface area contributed by atoms with Crippen LogP contribution in [0.25, 0.3) is 22.5 Å². The molecule has 3 heteroatoms. The van der Waals surface area contributed by atoms with Crippen molar-refractivity contribution in [2.45, 2.75) is 19.9 Å². The van der Waals surface area contributed by atoms with Crippen molar-refractivity contribution >= 4 is 17.3 Å². The van der Waals surface area contributed by atoms with E-state index in [4.69, 9.17) is 16.6 Å². The molecule has 0 aliphatic heterocycles. The van der Waals surface area contributed by atoms with Crippen molar-refractivity contribution < 1.29 is 0 Å². The number of rotatable bonds is 4. The first kappa shape index (κ1) is 15.6. The van der Waals surface area contributed by atoms with Crippen LogP contribution in [0.15, 0.2) is 66.7 Å². The van der Waals surface area contributed by atoms with Crippen LogP contribution in [0.3, 0.4) is 0 Å². The molecule has 0 unspecified atom stereocenters. The van der Waals surface area contributed by atoms with Crippen molar-refractivity contribution in [2.24, 2.45) is 0 Å². The normalized spacial score (nSPS) is 10.8. The summed E-state index contributed by atoms with van der Waals surface area (Å²) in [7, 11) is 0. The second kappa shape index (κ2) is 6.84. The molecule has 1 heterocycles. The molecule has 116 valence electrons. The van der Waals surface area contributed by atoms with E-state index in [-0.39, 0.29) is 0 Å². The molecule has 2 nitrogen and oxygen atoms in total. The summed E-state index contributed by atoms with van der Waals surface area (Å²) in [5.41, 5.74) is 4.89. The molecule has 3 aromatic rings. The Morgan fingerprint density at radius 3 is 2.22 bits per heavy atom. The van der Waals surface area contributed by atoms with Crippen LogP contribution >= 0.6 is 11.6 Å². The van der Waals surface area contributed by atoms with Crippen molar-refractivity contribution in [2.75, 3.05) is 5.32 Å². The summed E-state index contributed by atoms with van der Waals surface area (Å²) in [5.74, 6) is 0. The Labute approximate surface area is 142 Å². The van der Waals surface area contributed by atoms with Crippen molar-refractivity contribution in [3.63, 3.8) is 0 Å². The minimum absolute atomic E-state index is 0.347. The maximum absolute atomic E-state index is 6.35. The van der Waals surface area contributed by atoms with E-state index in [0.717, 1.165) is 28.2 Å². The first-order chi connectivity index (χ1) is 11.1. The minimum atomic E-state index is 0.347. The largest absolute Gasteiger partial charge is 0.383 e. The minimum Gasteiger partial charge on any atom is -0.383 e. The molecule has 0 spiro atoms. The van der Waals surface area contributed by atoms with Gasteiger partial charge in [-0.05, 0) is 32.0 Å². The van der Waals surface area contributed by atoms with Gasteiger partial charge in [0.2, 0.25) is 0 Å². The van der Waals surface area contributed by atoms with Crippen molar-refractivity contribution in [1.82, 2.24) is 4.98 Å².